The molecule has 1 fully saturated rings. The normalized spacial score (nSPS) is 17.5. The Morgan fingerprint density at radius 1 is 1.45 bits per heavy atom. The van der Waals surface area contributed by atoms with Crippen LogP contribution in [0.3, 0.4) is 0 Å². The van der Waals surface area contributed by atoms with Gasteiger partial charge >= 0.3 is 0 Å². The molecule has 1 saturated carbocycles. The van der Waals surface area contributed by atoms with Crippen molar-refractivity contribution in [3.63, 3.8) is 0 Å². The minimum Gasteiger partial charge on any atom is -0.491 e. The van der Waals surface area contributed by atoms with Gasteiger partial charge in [-0.05, 0) is 44.4 Å². The van der Waals surface area contributed by atoms with Gasteiger partial charge in [0.15, 0.2) is 11.6 Å². The van der Waals surface area contributed by atoms with E-state index in [-0.39, 0.29) is 17.7 Å². The zero-order valence-corrected chi connectivity index (χ0v) is 13.4. The van der Waals surface area contributed by atoms with Crippen LogP contribution in [-0.2, 0) is 9.53 Å². The minimum atomic E-state index is -0.410. The van der Waals surface area contributed by atoms with Crippen LogP contribution in [0.1, 0.15) is 44.7 Å². The zero-order valence-electron chi connectivity index (χ0n) is 13.4. The molecule has 1 aliphatic rings. The van der Waals surface area contributed by atoms with Gasteiger partial charge in [0.05, 0.1) is 24.7 Å². The van der Waals surface area contributed by atoms with Crippen molar-refractivity contribution in [3.05, 3.63) is 29.6 Å². The summed E-state index contributed by atoms with van der Waals surface area (Å²) in [6.07, 6.45) is 2.73. The van der Waals surface area contributed by atoms with Crippen LogP contribution >= 0.6 is 0 Å². The fraction of sp³-hybridized carbons (Fsp3) is 0.588. The predicted octanol–water partition coefficient (Wildman–Crippen LogP) is 3.22. The minimum absolute atomic E-state index is 0.0117. The van der Waals surface area contributed by atoms with Gasteiger partial charge in [-0.1, -0.05) is 12.5 Å². The molecule has 4 nitrogen and oxygen atoms in total. The average Bonchev–Trinajstić information content (AvgIpc) is 2.44. The first kappa shape index (κ1) is 16.7. The molecule has 1 aromatic rings. The average molecular weight is 309 g/mol. The number of ether oxygens (including phenoxy) is 2. The highest BCUT2D eigenvalue weighted by atomic mass is 19.1. The van der Waals surface area contributed by atoms with E-state index in [0.717, 1.165) is 24.8 Å². The van der Waals surface area contributed by atoms with E-state index in [1.54, 1.807) is 19.2 Å². The Labute approximate surface area is 131 Å². The lowest BCUT2D eigenvalue weighted by atomic mass is 9.68. The molecule has 22 heavy (non-hydrogen) atoms. The molecule has 0 aliphatic heterocycles. The largest absolute Gasteiger partial charge is 0.491 e. The van der Waals surface area contributed by atoms with E-state index in [9.17, 15) is 9.18 Å². The fourth-order valence-corrected chi connectivity index (χ4v) is 2.81. The van der Waals surface area contributed by atoms with Crippen molar-refractivity contribution in [2.45, 2.75) is 39.2 Å². The van der Waals surface area contributed by atoms with Crippen LogP contribution in [0.25, 0.3) is 0 Å². The monoisotopic (exact) mass is 309 g/mol. The molecule has 1 aromatic carbocycles. The Hall–Kier alpha value is -1.62. The van der Waals surface area contributed by atoms with E-state index in [1.165, 1.54) is 6.07 Å². The summed E-state index contributed by atoms with van der Waals surface area (Å²) < 4.78 is 24.3. The van der Waals surface area contributed by atoms with Gasteiger partial charge in [0, 0.05) is 7.11 Å². The van der Waals surface area contributed by atoms with Gasteiger partial charge in [0.1, 0.15) is 0 Å². The number of benzene rings is 1. The molecule has 1 aliphatic carbocycles. The Balaban J connectivity index is 2.04. The van der Waals surface area contributed by atoms with Gasteiger partial charge in [-0.15, -0.1) is 0 Å². The maximum absolute atomic E-state index is 13.9. The highest BCUT2D eigenvalue weighted by Crippen LogP contribution is 2.41. The molecule has 0 spiro atoms. The molecule has 0 bridgehead atoms. The first-order valence-corrected chi connectivity index (χ1v) is 7.74. The Morgan fingerprint density at radius 3 is 2.68 bits per heavy atom. The highest BCUT2D eigenvalue weighted by molar-refractivity contribution is 5.84. The van der Waals surface area contributed by atoms with Crippen LogP contribution in [0.4, 0.5) is 4.39 Å². The first-order chi connectivity index (χ1) is 10.5. The second kappa shape index (κ2) is 7.09. The number of carbonyl (C=O) groups excluding carboxylic acids is 1. The molecule has 5 heteroatoms. The fourth-order valence-electron chi connectivity index (χ4n) is 2.81. The van der Waals surface area contributed by atoms with Gasteiger partial charge in [-0.2, -0.15) is 0 Å². The van der Waals surface area contributed by atoms with Gasteiger partial charge in [-0.3, -0.25) is 4.79 Å². The second-order valence-electron chi connectivity index (χ2n) is 5.88. The molecule has 2 rings (SSSR count). The van der Waals surface area contributed by atoms with Gasteiger partial charge in [-0.25, -0.2) is 4.39 Å². The van der Waals surface area contributed by atoms with Crippen molar-refractivity contribution >= 4 is 5.91 Å². The molecule has 1 N–H and O–H groups in total. The van der Waals surface area contributed by atoms with Crippen molar-refractivity contribution in [1.82, 2.24) is 5.32 Å². The number of nitrogens with one attached hydrogen (secondary N) is 1. The number of methoxy groups -OCH3 is 1. The first-order valence-electron chi connectivity index (χ1n) is 7.74. The summed E-state index contributed by atoms with van der Waals surface area (Å²) in [6.45, 7) is 4.52. The van der Waals surface area contributed by atoms with Crippen molar-refractivity contribution in [2.24, 2.45) is 5.41 Å². The Morgan fingerprint density at radius 2 is 2.18 bits per heavy atom. The summed E-state index contributed by atoms with van der Waals surface area (Å²) in [7, 11) is 1.61. The van der Waals surface area contributed by atoms with Crippen LogP contribution < -0.4 is 10.1 Å². The summed E-state index contributed by atoms with van der Waals surface area (Å²) in [4.78, 5) is 12.5. The Bertz CT molecular complexity index is 529. The third-order valence-electron chi connectivity index (χ3n) is 4.32. The summed E-state index contributed by atoms with van der Waals surface area (Å²) in [5.74, 6) is -0.183. The van der Waals surface area contributed by atoms with Crippen LogP contribution in [0.2, 0.25) is 0 Å². The van der Waals surface area contributed by atoms with Crippen LogP contribution in [0, 0.1) is 11.2 Å². The lowest BCUT2D eigenvalue weighted by molar-refractivity contribution is -0.141. The summed E-state index contributed by atoms with van der Waals surface area (Å²) >= 11 is 0. The molecule has 0 heterocycles. The number of halogens is 1. The molecular formula is C17H24FNO3. The van der Waals surface area contributed by atoms with E-state index < -0.39 is 11.2 Å². The van der Waals surface area contributed by atoms with Gasteiger partial charge in [0.2, 0.25) is 5.91 Å². The van der Waals surface area contributed by atoms with E-state index in [2.05, 4.69) is 5.32 Å². The maximum atomic E-state index is 13.9. The molecule has 0 aromatic heterocycles. The van der Waals surface area contributed by atoms with Gasteiger partial charge in [0.25, 0.3) is 0 Å². The van der Waals surface area contributed by atoms with E-state index in [1.807, 2.05) is 13.8 Å². The lowest BCUT2D eigenvalue weighted by Crippen LogP contribution is -2.49. The van der Waals surface area contributed by atoms with Crippen LogP contribution in [0.15, 0.2) is 18.2 Å². The second-order valence-corrected chi connectivity index (χ2v) is 5.88. The predicted molar refractivity (Wildman–Crippen MR) is 82.3 cm³/mol. The van der Waals surface area contributed by atoms with E-state index in [4.69, 9.17) is 9.47 Å². The Kier molecular flexibility index (Phi) is 5.40. The third-order valence-corrected chi connectivity index (χ3v) is 4.32. The summed E-state index contributed by atoms with van der Waals surface area (Å²) in [5, 5.41) is 2.98. The third kappa shape index (κ3) is 3.40. The van der Waals surface area contributed by atoms with Crippen molar-refractivity contribution in [2.75, 3.05) is 20.3 Å². The summed E-state index contributed by atoms with van der Waals surface area (Å²) in [6, 6.07) is 4.54. The van der Waals surface area contributed by atoms with E-state index in [0.29, 0.717) is 13.2 Å². The number of hydrogen-bond donors (Lipinski definition) is 1. The van der Waals surface area contributed by atoms with Crippen molar-refractivity contribution in [3.8, 4) is 5.75 Å². The van der Waals surface area contributed by atoms with Gasteiger partial charge < -0.3 is 14.8 Å². The summed E-state index contributed by atoms with van der Waals surface area (Å²) in [5.41, 5.74) is 0.313. The molecule has 0 saturated heterocycles. The smallest absolute Gasteiger partial charge is 0.229 e. The number of carbonyl (C=O) groups is 1. The highest BCUT2D eigenvalue weighted by Gasteiger charge is 2.44. The molecule has 1 atom stereocenters. The van der Waals surface area contributed by atoms with Crippen molar-refractivity contribution in [1.29, 1.82) is 0 Å². The zero-order chi connectivity index (χ0) is 16.2. The van der Waals surface area contributed by atoms with E-state index >= 15 is 0 Å². The number of amides is 1. The van der Waals surface area contributed by atoms with Crippen molar-refractivity contribution < 1.29 is 18.7 Å². The molecule has 1 unspecified atom stereocenters. The number of rotatable bonds is 7. The SMILES string of the molecule is CCOc1ccc(C(C)NC(=O)C2(COC)CCC2)cc1F. The molecule has 1 amide bonds. The molecule has 122 valence electrons. The van der Waals surface area contributed by atoms with Crippen LogP contribution in [-0.4, -0.2) is 26.2 Å². The standard InChI is InChI=1S/C17H24FNO3/c1-4-22-15-7-6-13(10-14(15)18)12(2)19-16(20)17(11-21-3)8-5-9-17/h6-7,10,12H,4-5,8-9,11H2,1-3H3,(H,19,20). The lowest BCUT2D eigenvalue weighted by Gasteiger charge is -2.40. The maximum Gasteiger partial charge on any atom is 0.229 e. The molecular weight excluding hydrogens is 285 g/mol. The topological polar surface area (TPSA) is 47.6 Å². The quantitative estimate of drug-likeness (QED) is 0.841. The molecule has 0 radical (unpaired) electrons. The number of hydrogen-bond acceptors (Lipinski definition) is 3. The van der Waals surface area contributed by atoms with Crippen LogP contribution in [0.5, 0.6) is 5.75 Å².